The Hall–Kier alpha value is -0.850. The van der Waals surface area contributed by atoms with Crippen LogP contribution < -0.4 is 5.32 Å². The number of halogens is 1. The van der Waals surface area contributed by atoms with Gasteiger partial charge >= 0.3 is 0 Å². The van der Waals surface area contributed by atoms with Gasteiger partial charge < -0.3 is 5.32 Å². The lowest BCUT2D eigenvalue weighted by atomic mass is 9.96. The van der Waals surface area contributed by atoms with Crippen molar-refractivity contribution < 1.29 is 8.42 Å². The van der Waals surface area contributed by atoms with Crippen molar-refractivity contribution in [3.8, 4) is 0 Å². The summed E-state index contributed by atoms with van der Waals surface area (Å²) in [5.41, 5.74) is 0. The van der Waals surface area contributed by atoms with Crippen LogP contribution in [0.5, 0.6) is 0 Å². The first-order valence-corrected chi connectivity index (χ1v) is 8.64. The molecule has 0 saturated carbocycles. The number of rotatable bonds is 4. The zero-order chi connectivity index (χ0) is 14.8. The summed E-state index contributed by atoms with van der Waals surface area (Å²) in [7, 11) is -1.79. The first kappa shape index (κ1) is 15.5. The van der Waals surface area contributed by atoms with E-state index < -0.39 is 10.0 Å². The van der Waals surface area contributed by atoms with Gasteiger partial charge in [0.15, 0.2) is 0 Å². The third kappa shape index (κ3) is 3.07. The van der Waals surface area contributed by atoms with E-state index >= 15 is 0 Å². The third-order valence-electron chi connectivity index (χ3n) is 3.84. The number of hydrogen-bond acceptors (Lipinski definition) is 4. The molecule has 2 rings (SSSR count). The molecular formula is C13H20ClN3O2S. The number of nitrogens with zero attached hydrogens (tertiary/aromatic N) is 2. The number of anilines is 1. The number of piperidine rings is 1. The number of nitrogens with one attached hydrogen (secondary N) is 1. The first-order chi connectivity index (χ1) is 9.48. The summed E-state index contributed by atoms with van der Waals surface area (Å²) in [5.74, 6) is 1.12. The molecule has 1 aromatic rings. The standard InChI is InChI=1S/C13H20ClN3O2S/c1-3-10-4-6-17(7-5-10)20(18,19)11-8-12(14)13(15-2)16-9-11/h8-10H,3-7H2,1-2H3,(H,15,16). The molecule has 112 valence electrons. The van der Waals surface area contributed by atoms with Gasteiger partial charge in [0, 0.05) is 26.3 Å². The average molecular weight is 318 g/mol. The highest BCUT2D eigenvalue weighted by atomic mass is 35.5. The Morgan fingerprint density at radius 1 is 1.45 bits per heavy atom. The zero-order valence-corrected chi connectivity index (χ0v) is 13.3. The molecule has 0 aromatic carbocycles. The Balaban J connectivity index is 2.20. The zero-order valence-electron chi connectivity index (χ0n) is 11.8. The maximum absolute atomic E-state index is 12.5. The van der Waals surface area contributed by atoms with Crippen molar-refractivity contribution in [2.75, 3.05) is 25.5 Å². The molecule has 5 nitrogen and oxygen atoms in total. The summed E-state index contributed by atoms with van der Waals surface area (Å²) < 4.78 is 26.6. The molecule has 0 unspecified atom stereocenters. The maximum atomic E-state index is 12.5. The lowest BCUT2D eigenvalue weighted by Crippen LogP contribution is -2.38. The van der Waals surface area contributed by atoms with Gasteiger partial charge in [0.25, 0.3) is 0 Å². The number of sulfonamides is 1. The molecule has 0 bridgehead atoms. The van der Waals surface area contributed by atoms with Crippen LogP contribution in [0.3, 0.4) is 0 Å². The highest BCUT2D eigenvalue weighted by Gasteiger charge is 2.29. The molecule has 0 radical (unpaired) electrons. The van der Waals surface area contributed by atoms with Crippen LogP contribution in [0.15, 0.2) is 17.2 Å². The van der Waals surface area contributed by atoms with E-state index in [2.05, 4.69) is 17.2 Å². The van der Waals surface area contributed by atoms with Crippen LogP contribution in [0, 0.1) is 5.92 Å². The Morgan fingerprint density at radius 2 is 2.10 bits per heavy atom. The van der Waals surface area contributed by atoms with Gasteiger partial charge in [-0.05, 0) is 24.8 Å². The second kappa shape index (κ2) is 6.28. The summed E-state index contributed by atoms with van der Waals surface area (Å²) in [4.78, 5) is 4.20. The van der Waals surface area contributed by atoms with Crippen LogP contribution in [0.1, 0.15) is 26.2 Å². The van der Waals surface area contributed by atoms with Crippen LogP contribution in [0.4, 0.5) is 5.82 Å². The van der Waals surface area contributed by atoms with Gasteiger partial charge in [0.05, 0.1) is 5.02 Å². The molecule has 1 aliphatic rings. The SMILES string of the molecule is CCC1CCN(S(=O)(=O)c2cnc(NC)c(Cl)c2)CC1. The van der Waals surface area contributed by atoms with Crippen molar-refractivity contribution in [3.63, 3.8) is 0 Å². The van der Waals surface area contributed by atoms with Crippen molar-refractivity contribution in [1.29, 1.82) is 0 Å². The van der Waals surface area contributed by atoms with E-state index in [1.165, 1.54) is 16.6 Å². The van der Waals surface area contributed by atoms with Crippen LogP contribution in [0.2, 0.25) is 5.02 Å². The fourth-order valence-corrected chi connectivity index (χ4v) is 4.22. The second-order valence-electron chi connectivity index (χ2n) is 5.01. The molecule has 1 aliphatic heterocycles. The Morgan fingerprint density at radius 3 is 2.60 bits per heavy atom. The topological polar surface area (TPSA) is 62.3 Å². The average Bonchev–Trinajstić information content (AvgIpc) is 2.47. The molecule has 0 amide bonds. The largest absolute Gasteiger partial charge is 0.372 e. The quantitative estimate of drug-likeness (QED) is 0.927. The van der Waals surface area contributed by atoms with Crippen LogP contribution >= 0.6 is 11.6 Å². The van der Waals surface area contributed by atoms with Gasteiger partial charge in [-0.1, -0.05) is 24.9 Å². The normalized spacial score (nSPS) is 18.1. The van der Waals surface area contributed by atoms with Crippen molar-refractivity contribution >= 4 is 27.4 Å². The van der Waals surface area contributed by atoms with Gasteiger partial charge in [-0.2, -0.15) is 4.31 Å². The van der Waals surface area contributed by atoms with Gasteiger partial charge in [0.1, 0.15) is 10.7 Å². The number of pyridine rings is 1. The predicted octanol–water partition coefficient (Wildman–Crippen LogP) is 2.59. The summed E-state index contributed by atoms with van der Waals surface area (Å²) in [5, 5.41) is 3.13. The predicted molar refractivity (Wildman–Crippen MR) is 80.6 cm³/mol. The van der Waals surface area contributed by atoms with E-state index in [0.29, 0.717) is 29.8 Å². The fraction of sp³-hybridized carbons (Fsp3) is 0.615. The summed E-state index contributed by atoms with van der Waals surface area (Å²) in [6, 6.07) is 1.46. The molecule has 1 saturated heterocycles. The number of aromatic nitrogens is 1. The second-order valence-corrected chi connectivity index (χ2v) is 7.35. The minimum Gasteiger partial charge on any atom is -0.372 e. The Bertz CT molecular complexity index is 569. The van der Waals surface area contributed by atoms with Gasteiger partial charge in [0.2, 0.25) is 10.0 Å². The van der Waals surface area contributed by atoms with Gasteiger partial charge in [-0.25, -0.2) is 13.4 Å². The van der Waals surface area contributed by atoms with E-state index in [9.17, 15) is 8.42 Å². The monoisotopic (exact) mass is 317 g/mol. The van der Waals surface area contributed by atoms with Crippen molar-refractivity contribution in [2.45, 2.75) is 31.1 Å². The van der Waals surface area contributed by atoms with E-state index in [4.69, 9.17) is 11.6 Å². The minimum atomic E-state index is -3.48. The maximum Gasteiger partial charge on any atom is 0.244 e. The first-order valence-electron chi connectivity index (χ1n) is 6.82. The van der Waals surface area contributed by atoms with Crippen molar-refractivity contribution in [3.05, 3.63) is 17.3 Å². The molecule has 2 heterocycles. The highest BCUT2D eigenvalue weighted by molar-refractivity contribution is 7.89. The summed E-state index contributed by atoms with van der Waals surface area (Å²) in [6.45, 7) is 3.30. The minimum absolute atomic E-state index is 0.163. The summed E-state index contributed by atoms with van der Waals surface area (Å²) in [6.07, 6.45) is 4.31. The lowest BCUT2D eigenvalue weighted by Gasteiger charge is -2.30. The van der Waals surface area contributed by atoms with E-state index in [1.54, 1.807) is 7.05 Å². The lowest BCUT2D eigenvalue weighted by molar-refractivity contribution is 0.269. The fourth-order valence-electron chi connectivity index (χ4n) is 2.45. The molecule has 0 spiro atoms. The molecule has 7 heteroatoms. The van der Waals surface area contributed by atoms with Crippen molar-refractivity contribution in [1.82, 2.24) is 9.29 Å². The van der Waals surface area contributed by atoms with E-state index in [-0.39, 0.29) is 4.90 Å². The van der Waals surface area contributed by atoms with E-state index in [1.807, 2.05) is 0 Å². The molecule has 0 aliphatic carbocycles. The van der Waals surface area contributed by atoms with Gasteiger partial charge in [-0.15, -0.1) is 0 Å². The Kier molecular flexibility index (Phi) is 4.88. The highest BCUT2D eigenvalue weighted by Crippen LogP contribution is 2.28. The molecule has 0 atom stereocenters. The summed E-state index contributed by atoms with van der Waals surface area (Å²) >= 11 is 6.01. The van der Waals surface area contributed by atoms with Crippen LogP contribution in [0.25, 0.3) is 0 Å². The van der Waals surface area contributed by atoms with Crippen LogP contribution in [-0.2, 0) is 10.0 Å². The number of hydrogen-bond donors (Lipinski definition) is 1. The van der Waals surface area contributed by atoms with Crippen LogP contribution in [-0.4, -0.2) is 37.8 Å². The molecular weight excluding hydrogens is 298 g/mol. The molecule has 1 aromatic heterocycles. The van der Waals surface area contributed by atoms with E-state index in [0.717, 1.165) is 19.3 Å². The van der Waals surface area contributed by atoms with Gasteiger partial charge in [-0.3, -0.25) is 0 Å². The Labute approximate surface area is 125 Å². The smallest absolute Gasteiger partial charge is 0.244 e. The molecule has 20 heavy (non-hydrogen) atoms. The van der Waals surface area contributed by atoms with Crippen molar-refractivity contribution in [2.24, 2.45) is 5.92 Å². The molecule has 1 N–H and O–H groups in total. The molecule has 1 fully saturated rings. The third-order valence-corrected chi connectivity index (χ3v) is 5.99.